The van der Waals surface area contributed by atoms with E-state index in [4.69, 9.17) is 4.74 Å². The highest BCUT2D eigenvalue weighted by Gasteiger charge is 2.07. The average molecular weight is 323 g/mol. The van der Waals surface area contributed by atoms with Crippen molar-refractivity contribution in [2.24, 2.45) is 0 Å². The SMILES string of the molecule is CC/C=C(/C)C(=O)Nc1ccc(OCc2cccc(C)c2)cc1C. The van der Waals surface area contributed by atoms with E-state index in [9.17, 15) is 4.79 Å². The van der Waals surface area contributed by atoms with Gasteiger partial charge >= 0.3 is 0 Å². The van der Waals surface area contributed by atoms with Crippen LogP contribution in [-0.4, -0.2) is 5.91 Å². The van der Waals surface area contributed by atoms with Crippen molar-refractivity contribution in [1.82, 2.24) is 0 Å². The van der Waals surface area contributed by atoms with E-state index in [0.717, 1.165) is 34.6 Å². The van der Waals surface area contributed by atoms with Crippen LogP contribution >= 0.6 is 0 Å². The highest BCUT2D eigenvalue weighted by Crippen LogP contribution is 2.23. The molecule has 0 atom stereocenters. The zero-order valence-electron chi connectivity index (χ0n) is 14.8. The normalized spacial score (nSPS) is 11.2. The van der Waals surface area contributed by atoms with Crippen molar-refractivity contribution < 1.29 is 9.53 Å². The molecule has 3 nitrogen and oxygen atoms in total. The van der Waals surface area contributed by atoms with Crippen LogP contribution < -0.4 is 10.1 Å². The first-order chi connectivity index (χ1) is 11.5. The van der Waals surface area contributed by atoms with Gasteiger partial charge in [0.05, 0.1) is 0 Å². The molecule has 0 aliphatic heterocycles. The molecule has 2 rings (SSSR count). The van der Waals surface area contributed by atoms with Crippen molar-refractivity contribution in [2.45, 2.75) is 40.7 Å². The van der Waals surface area contributed by atoms with Crippen LogP contribution in [0.1, 0.15) is 37.0 Å². The van der Waals surface area contributed by atoms with Crippen LogP contribution in [0.5, 0.6) is 5.75 Å². The maximum absolute atomic E-state index is 12.1. The molecule has 126 valence electrons. The second-order valence-corrected chi connectivity index (χ2v) is 6.00. The zero-order chi connectivity index (χ0) is 17.5. The number of aryl methyl sites for hydroxylation is 2. The van der Waals surface area contributed by atoms with Crippen LogP contribution in [-0.2, 0) is 11.4 Å². The molecule has 0 spiro atoms. The summed E-state index contributed by atoms with van der Waals surface area (Å²) >= 11 is 0. The van der Waals surface area contributed by atoms with E-state index < -0.39 is 0 Å². The lowest BCUT2D eigenvalue weighted by Gasteiger charge is -2.12. The Hall–Kier alpha value is -2.55. The van der Waals surface area contributed by atoms with E-state index in [1.807, 2.05) is 51.1 Å². The Morgan fingerprint density at radius 3 is 2.62 bits per heavy atom. The molecular formula is C21H25NO2. The van der Waals surface area contributed by atoms with Crippen molar-refractivity contribution in [3.05, 3.63) is 70.8 Å². The minimum absolute atomic E-state index is 0.0617. The number of carbonyl (C=O) groups is 1. The molecule has 0 heterocycles. The largest absolute Gasteiger partial charge is 0.489 e. The Morgan fingerprint density at radius 1 is 1.17 bits per heavy atom. The van der Waals surface area contributed by atoms with Gasteiger partial charge in [0.1, 0.15) is 12.4 Å². The second-order valence-electron chi connectivity index (χ2n) is 6.00. The number of allylic oxidation sites excluding steroid dienone is 1. The first kappa shape index (κ1) is 17.8. The molecule has 0 radical (unpaired) electrons. The number of nitrogens with one attached hydrogen (secondary N) is 1. The Kier molecular flexibility index (Phi) is 6.19. The molecule has 1 amide bonds. The Labute approximate surface area is 144 Å². The van der Waals surface area contributed by atoms with Crippen LogP contribution in [0, 0.1) is 13.8 Å². The van der Waals surface area contributed by atoms with E-state index in [1.54, 1.807) is 0 Å². The summed E-state index contributed by atoms with van der Waals surface area (Å²) in [5.74, 6) is 0.737. The number of hydrogen-bond donors (Lipinski definition) is 1. The predicted octanol–water partition coefficient (Wildman–Crippen LogP) is 5.18. The van der Waals surface area contributed by atoms with Crippen molar-refractivity contribution in [3.63, 3.8) is 0 Å². The van der Waals surface area contributed by atoms with Crippen LogP contribution in [0.15, 0.2) is 54.1 Å². The molecule has 0 fully saturated rings. The minimum atomic E-state index is -0.0617. The summed E-state index contributed by atoms with van der Waals surface area (Å²) in [6.45, 7) is 8.41. The molecular weight excluding hydrogens is 298 g/mol. The lowest BCUT2D eigenvalue weighted by Crippen LogP contribution is -2.13. The molecule has 0 saturated heterocycles. The Bertz CT molecular complexity index is 747. The maximum atomic E-state index is 12.1. The fraction of sp³-hybridized carbons (Fsp3) is 0.286. The van der Waals surface area contributed by atoms with Crippen molar-refractivity contribution in [1.29, 1.82) is 0 Å². The molecule has 1 N–H and O–H groups in total. The average Bonchev–Trinajstić information content (AvgIpc) is 2.55. The summed E-state index contributed by atoms with van der Waals surface area (Å²) in [5, 5.41) is 2.94. The zero-order valence-corrected chi connectivity index (χ0v) is 14.8. The van der Waals surface area contributed by atoms with Crippen molar-refractivity contribution in [2.75, 3.05) is 5.32 Å². The van der Waals surface area contributed by atoms with Crippen LogP contribution in [0.4, 0.5) is 5.69 Å². The van der Waals surface area contributed by atoms with E-state index in [2.05, 4.69) is 30.4 Å². The van der Waals surface area contributed by atoms with Gasteiger partial charge in [-0.05, 0) is 56.5 Å². The first-order valence-electron chi connectivity index (χ1n) is 8.26. The van der Waals surface area contributed by atoms with Gasteiger partial charge in [-0.1, -0.05) is 42.8 Å². The molecule has 2 aromatic rings. The van der Waals surface area contributed by atoms with E-state index in [0.29, 0.717) is 6.61 Å². The monoisotopic (exact) mass is 323 g/mol. The van der Waals surface area contributed by atoms with Crippen LogP contribution in [0.3, 0.4) is 0 Å². The molecule has 0 aliphatic carbocycles. The van der Waals surface area contributed by atoms with Gasteiger partial charge in [0, 0.05) is 11.3 Å². The fourth-order valence-corrected chi connectivity index (χ4v) is 2.45. The summed E-state index contributed by atoms with van der Waals surface area (Å²) in [7, 11) is 0. The third kappa shape index (κ3) is 4.98. The number of rotatable bonds is 6. The topological polar surface area (TPSA) is 38.3 Å². The van der Waals surface area contributed by atoms with Gasteiger partial charge in [0.2, 0.25) is 0 Å². The van der Waals surface area contributed by atoms with E-state index >= 15 is 0 Å². The number of ether oxygens (including phenoxy) is 1. The lowest BCUT2D eigenvalue weighted by molar-refractivity contribution is -0.112. The predicted molar refractivity (Wildman–Crippen MR) is 99.4 cm³/mol. The van der Waals surface area contributed by atoms with Gasteiger partial charge in [-0.25, -0.2) is 0 Å². The first-order valence-corrected chi connectivity index (χ1v) is 8.26. The van der Waals surface area contributed by atoms with Crippen molar-refractivity contribution in [3.8, 4) is 5.75 Å². The number of amides is 1. The summed E-state index contributed by atoms with van der Waals surface area (Å²) in [4.78, 5) is 12.1. The molecule has 0 aliphatic rings. The lowest BCUT2D eigenvalue weighted by atomic mass is 10.1. The second kappa shape index (κ2) is 8.34. The molecule has 0 saturated carbocycles. The van der Waals surface area contributed by atoms with Crippen LogP contribution in [0.25, 0.3) is 0 Å². The highest BCUT2D eigenvalue weighted by molar-refractivity contribution is 6.03. The number of carbonyl (C=O) groups excluding carboxylic acids is 1. The van der Waals surface area contributed by atoms with Gasteiger partial charge in [0.25, 0.3) is 5.91 Å². The third-order valence-corrected chi connectivity index (χ3v) is 3.80. The van der Waals surface area contributed by atoms with Crippen LogP contribution in [0.2, 0.25) is 0 Å². The molecule has 0 bridgehead atoms. The molecule has 24 heavy (non-hydrogen) atoms. The molecule has 2 aromatic carbocycles. The van der Waals surface area contributed by atoms with Gasteiger partial charge in [-0.15, -0.1) is 0 Å². The minimum Gasteiger partial charge on any atom is -0.489 e. The Balaban J connectivity index is 2.01. The summed E-state index contributed by atoms with van der Waals surface area (Å²) < 4.78 is 5.85. The quantitative estimate of drug-likeness (QED) is 0.744. The standard InChI is InChI=1S/C21H25NO2/c1-5-7-16(3)21(23)22-20-11-10-19(13-17(20)4)24-14-18-9-6-8-15(2)12-18/h6-13H,5,14H2,1-4H3,(H,22,23)/b16-7-. The molecule has 0 aromatic heterocycles. The number of anilines is 1. The highest BCUT2D eigenvalue weighted by atomic mass is 16.5. The number of benzene rings is 2. The van der Waals surface area contributed by atoms with Crippen molar-refractivity contribution >= 4 is 11.6 Å². The number of hydrogen-bond acceptors (Lipinski definition) is 2. The molecule has 0 unspecified atom stereocenters. The summed E-state index contributed by atoms with van der Waals surface area (Å²) in [6.07, 6.45) is 2.77. The van der Waals surface area contributed by atoms with Gasteiger partial charge in [-0.2, -0.15) is 0 Å². The maximum Gasteiger partial charge on any atom is 0.250 e. The van der Waals surface area contributed by atoms with Gasteiger partial charge in [0.15, 0.2) is 0 Å². The third-order valence-electron chi connectivity index (χ3n) is 3.80. The summed E-state index contributed by atoms with van der Waals surface area (Å²) in [5.41, 5.74) is 4.89. The van der Waals surface area contributed by atoms with Gasteiger partial charge < -0.3 is 10.1 Å². The molecule has 3 heteroatoms. The smallest absolute Gasteiger partial charge is 0.250 e. The van der Waals surface area contributed by atoms with Gasteiger partial charge in [-0.3, -0.25) is 4.79 Å². The Morgan fingerprint density at radius 2 is 1.96 bits per heavy atom. The van der Waals surface area contributed by atoms with E-state index in [-0.39, 0.29) is 5.91 Å². The summed E-state index contributed by atoms with van der Waals surface area (Å²) in [6, 6.07) is 14.0. The fourth-order valence-electron chi connectivity index (χ4n) is 2.45. The van der Waals surface area contributed by atoms with E-state index in [1.165, 1.54) is 5.56 Å².